The average molecular weight is 576 g/mol. The molecule has 1 aromatic carbocycles. The number of amides is 1. The van der Waals surface area contributed by atoms with Crippen LogP contribution in [0.3, 0.4) is 0 Å². The van der Waals surface area contributed by atoms with Crippen molar-refractivity contribution in [3.05, 3.63) is 78.6 Å². The molecule has 0 radical (unpaired) electrons. The van der Waals surface area contributed by atoms with Crippen molar-refractivity contribution in [2.45, 2.75) is 6.92 Å². The molecule has 0 unspecified atom stereocenters. The van der Waals surface area contributed by atoms with Crippen molar-refractivity contribution in [2.24, 2.45) is 5.92 Å². The number of hydrogen-bond acceptors (Lipinski definition) is 11. The first kappa shape index (κ1) is 27.4. The lowest BCUT2D eigenvalue weighted by Gasteiger charge is -2.25. The molecule has 0 bridgehead atoms. The van der Waals surface area contributed by atoms with Crippen LogP contribution < -0.4 is 20.9 Å². The molecule has 13 heteroatoms. The van der Waals surface area contributed by atoms with Gasteiger partial charge >= 0.3 is 0 Å². The van der Waals surface area contributed by atoms with E-state index in [0.29, 0.717) is 41.6 Å². The van der Waals surface area contributed by atoms with Gasteiger partial charge in [0.2, 0.25) is 5.82 Å². The minimum absolute atomic E-state index is 0.119. The SMILES string of the molecule is C[C@@H]1CN(c2ccnc(C#CCNC(=O)c3cc4ncccn4n3)n2)CCN(c2cc(-c3ccccc3O)nnc2N)C1. The number of nitrogens with zero attached hydrogens (tertiary/aromatic N) is 9. The fourth-order valence-electron chi connectivity index (χ4n) is 4.99. The van der Waals surface area contributed by atoms with E-state index < -0.39 is 0 Å². The molecule has 0 aliphatic carbocycles. The topological polar surface area (TPSA) is 164 Å². The number of hydrogen-bond donors (Lipinski definition) is 3. The zero-order chi connectivity index (χ0) is 29.8. The molecule has 0 spiro atoms. The normalized spacial score (nSPS) is 15.0. The van der Waals surface area contributed by atoms with Crippen LogP contribution in [0.5, 0.6) is 5.75 Å². The Balaban J connectivity index is 1.11. The highest BCUT2D eigenvalue weighted by atomic mass is 16.3. The molecule has 43 heavy (non-hydrogen) atoms. The van der Waals surface area contributed by atoms with E-state index in [9.17, 15) is 9.90 Å². The molecule has 1 saturated heterocycles. The van der Waals surface area contributed by atoms with E-state index in [2.05, 4.69) is 64.1 Å². The Kier molecular flexibility index (Phi) is 7.64. The van der Waals surface area contributed by atoms with E-state index in [-0.39, 0.29) is 29.8 Å². The molecule has 5 aromatic rings. The second-order valence-corrected chi connectivity index (χ2v) is 10.2. The predicted molar refractivity (Wildman–Crippen MR) is 161 cm³/mol. The van der Waals surface area contributed by atoms with Crippen LogP contribution in [0.15, 0.2) is 67.1 Å². The van der Waals surface area contributed by atoms with Crippen LogP contribution in [0.2, 0.25) is 0 Å². The van der Waals surface area contributed by atoms with Gasteiger partial charge in [0.05, 0.1) is 17.9 Å². The summed E-state index contributed by atoms with van der Waals surface area (Å²) in [6.45, 7) is 5.18. The van der Waals surface area contributed by atoms with Gasteiger partial charge in [-0.1, -0.05) is 25.0 Å². The van der Waals surface area contributed by atoms with Gasteiger partial charge in [-0.25, -0.2) is 19.5 Å². The van der Waals surface area contributed by atoms with Crippen LogP contribution >= 0.6 is 0 Å². The van der Waals surface area contributed by atoms with Crippen molar-refractivity contribution in [2.75, 3.05) is 48.3 Å². The van der Waals surface area contributed by atoms with Crippen LogP contribution in [0, 0.1) is 17.8 Å². The zero-order valence-electron chi connectivity index (χ0n) is 23.4. The van der Waals surface area contributed by atoms with Crippen molar-refractivity contribution < 1.29 is 9.90 Å². The summed E-state index contributed by atoms with van der Waals surface area (Å²) in [5.41, 5.74) is 9.05. The Bertz CT molecular complexity index is 1810. The summed E-state index contributed by atoms with van der Waals surface area (Å²) in [4.78, 5) is 30.0. The number of para-hydroxylation sites is 1. The third-order valence-electron chi connectivity index (χ3n) is 7.00. The molecule has 1 fully saturated rings. The van der Waals surface area contributed by atoms with E-state index in [0.717, 1.165) is 24.6 Å². The first-order valence-corrected chi connectivity index (χ1v) is 13.8. The second kappa shape index (κ2) is 12.0. The highest BCUT2D eigenvalue weighted by molar-refractivity contribution is 5.93. The minimum atomic E-state index is -0.338. The number of nitrogens with one attached hydrogen (secondary N) is 1. The quantitative estimate of drug-likeness (QED) is 0.263. The number of nitrogen functional groups attached to an aromatic ring is 1. The Hall–Kier alpha value is -5.77. The molecule has 1 aliphatic heterocycles. The Morgan fingerprint density at radius 2 is 1.91 bits per heavy atom. The number of rotatable bonds is 5. The molecule has 5 heterocycles. The van der Waals surface area contributed by atoms with Gasteiger partial charge in [0.15, 0.2) is 17.2 Å². The van der Waals surface area contributed by atoms with Crippen LogP contribution in [0.1, 0.15) is 23.2 Å². The Morgan fingerprint density at radius 3 is 2.77 bits per heavy atom. The molecule has 4 aromatic heterocycles. The molecule has 13 nitrogen and oxygen atoms in total. The summed E-state index contributed by atoms with van der Waals surface area (Å²) >= 11 is 0. The predicted octanol–water partition coefficient (Wildman–Crippen LogP) is 2.01. The highest BCUT2D eigenvalue weighted by Crippen LogP contribution is 2.32. The number of aromatic hydroxyl groups is 1. The lowest BCUT2D eigenvalue weighted by Crippen LogP contribution is -2.31. The van der Waals surface area contributed by atoms with Gasteiger partial charge in [-0.05, 0) is 42.2 Å². The third kappa shape index (κ3) is 6.13. The number of carbonyl (C=O) groups is 1. The monoisotopic (exact) mass is 575 g/mol. The van der Waals surface area contributed by atoms with Crippen molar-refractivity contribution in [3.63, 3.8) is 0 Å². The first-order valence-electron chi connectivity index (χ1n) is 13.8. The van der Waals surface area contributed by atoms with Crippen LogP contribution in [-0.4, -0.2) is 78.5 Å². The smallest absolute Gasteiger partial charge is 0.272 e. The van der Waals surface area contributed by atoms with E-state index in [4.69, 9.17) is 5.73 Å². The molecule has 4 N–H and O–H groups in total. The maximum atomic E-state index is 12.5. The summed E-state index contributed by atoms with van der Waals surface area (Å²) in [5, 5.41) is 25.7. The molecule has 1 atom stereocenters. The van der Waals surface area contributed by atoms with Crippen LogP contribution in [0.25, 0.3) is 16.9 Å². The number of carbonyl (C=O) groups excluding carboxylic acids is 1. The van der Waals surface area contributed by atoms with Gasteiger partial charge in [0, 0.05) is 56.4 Å². The lowest BCUT2D eigenvalue weighted by atomic mass is 10.1. The lowest BCUT2D eigenvalue weighted by molar-refractivity contribution is 0.0953. The van der Waals surface area contributed by atoms with Gasteiger partial charge < -0.3 is 26.0 Å². The maximum absolute atomic E-state index is 12.5. The van der Waals surface area contributed by atoms with Gasteiger partial charge in [-0.3, -0.25) is 4.79 Å². The van der Waals surface area contributed by atoms with Crippen molar-refractivity contribution in [1.82, 2.24) is 40.1 Å². The molecule has 6 rings (SSSR count). The highest BCUT2D eigenvalue weighted by Gasteiger charge is 2.24. The number of fused-ring (bicyclic) bond motifs is 1. The summed E-state index contributed by atoms with van der Waals surface area (Å²) in [6, 6.07) is 14.1. The van der Waals surface area contributed by atoms with Crippen LogP contribution in [0.4, 0.5) is 17.3 Å². The first-order chi connectivity index (χ1) is 20.9. The zero-order valence-corrected chi connectivity index (χ0v) is 23.4. The summed E-state index contributed by atoms with van der Waals surface area (Å²) < 4.78 is 1.54. The van der Waals surface area contributed by atoms with Gasteiger partial charge in [0.25, 0.3) is 5.91 Å². The fourth-order valence-corrected chi connectivity index (χ4v) is 4.99. The molecule has 0 saturated carbocycles. The van der Waals surface area contributed by atoms with E-state index in [1.807, 2.05) is 18.2 Å². The minimum Gasteiger partial charge on any atom is -0.507 e. The number of benzene rings is 1. The summed E-state index contributed by atoms with van der Waals surface area (Å²) in [7, 11) is 0. The number of aromatic nitrogens is 7. The standard InChI is InChI=1S/C30H29N11O2/c1-20-18-39(24-16-22(36-37-29(24)31)21-6-2-3-7-25(21)42)14-15-40(19-20)27-9-12-32-26(35-27)8-4-10-34-30(43)23-17-28-33-11-5-13-41(28)38-23/h2-3,5-7,9,11-13,16-17,20,42H,10,14-15,18-19H2,1H3,(H2,31,37)(H,34,43)/t20-/m0/s1. The number of phenolic OH excluding ortho intramolecular Hbond substituents is 1. The molecular formula is C30H29N11O2. The average Bonchev–Trinajstić information content (AvgIpc) is 3.36. The third-order valence-corrected chi connectivity index (χ3v) is 7.00. The Labute approximate surface area is 247 Å². The maximum Gasteiger partial charge on any atom is 0.272 e. The Morgan fingerprint density at radius 1 is 1.07 bits per heavy atom. The molecule has 216 valence electrons. The van der Waals surface area contributed by atoms with Crippen molar-refractivity contribution >= 4 is 28.9 Å². The fraction of sp³-hybridized carbons (Fsp3) is 0.233. The van der Waals surface area contributed by atoms with Gasteiger partial charge in [0.1, 0.15) is 11.6 Å². The van der Waals surface area contributed by atoms with Crippen molar-refractivity contribution in [3.8, 4) is 28.8 Å². The largest absolute Gasteiger partial charge is 0.507 e. The van der Waals surface area contributed by atoms with Crippen molar-refractivity contribution in [1.29, 1.82) is 0 Å². The van der Waals surface area contributed by atoms with E-state index in [1.54, 1.807) is 53.4 Å². The summed E-state index contributed by atoms with van der Waals surface area (Å²) in [6.07, 6.45) is 5.06. The molecular weight excluding hydrogens is 546 g/mol. The number of anilines is 3. The van der Waals surface area contributed by atoms with Crippen LogP contribution in [-0.2, 0) is 0 Å². The molecule has 1 aliphatic rings. The van der Waals surface area contributed by atoms with E-state index >= 15 is 0 Å². The summed E-state index contributed by atoms with van der Waals surface area (Å²) in [5.74, 6) is 7.40. The second-order valence-electron chi connectivity index (χ2n) is 10.2. The van der Waals surface area contributed by atoms with Gasteiger partial charge in [-0.2, -0.15) is 5.10 Å². The number of nitrogens with two attached hydrogens (primary N) is 1. The van der Waals surface area contributed by atoms with Gasteiger partial charge in [-0.15, -0.1) is 10.2 Å². The van der Waals surface area contributed by atoms with E-state index in [1.165, 1.54) is 0 Å². The number of phenols is 1. The molecule has 1 amide bonds.